The Hall–Kier alpha value is -2.71. The van der Waals surface area contributed by atoms with Crippen LogP contribution in [-0.2, 0) is 27.9 Å². The molecule has 0 spiro atoms. The molecule has 3 rings (SSSR count). The molecule has 8 heteroatoms. The van der Waals surface area contributed by atoms with Crippen molar-refractivity contribution < 1.29 is 17.9 Å². The van der Waals surface area contributed by atoms with Gasteiger partial charge in [-0.15, -0.1) is 0 Å². The molecule has 2 aromatic carbocycles. The molecule has 0 amide bonds. The number of nitrogens with zero attached hydrogens (tertiary/aromatic N) is 2. The van der Waals surface area contributed by atoms with Crippen LogP contribution < -0.4 is 5.14 Å². The lowest BCUT2D eigenvalue weighted by Crippen LogP contribution is -2.12. The highest BCUT2D eigenvalue weighted by Crippen LogP contribution is 2.22. The monoisotopic (exact) mass is 415 g/mol. The summed E-state index contributed by atoms with van der Waals surface area (Å²) < 4.78 is 30.7. The zero-order valence-corrected chi connectivity index (χ0v) is 17.6. The molecule has 0 saturated carbocycles. The molecule has 0 saturated heterocycles. The smallest absolute Gasteiger partial charge is 0.338 e. The van der Waals surface area contributed by atoms with Gasteiger partial charge in [0.05, 0.1) is 21.5 Å². The first kappa shape index (κ1) is 21.0. The summed E-state index contributed by atoms with van der Waals surface area (Å²) in [4.78, 5) is 17.0. The standard InChI is InChI=1S/C21H25N3O4S/c1-4-5-10-24-19-9-8-17(29(22,26)27)12-18(19)23-20(24)13-28-21(25)16-7-6-14(2)15(3)11-16/h6-9,11-12H,4-5,10,13H2,1-3H3,(H2,22,26,27). The van der Waals surface area contributed by atoms with Crippen LogP contribution >= 0.6 is 0 Å². The summed E-state index contributed by atoms with van der Waals surface area (Å²) in [5.41, 5.74) is 3.90. The maximum atomic E-state index is 12.5. The van der Waals surface area contributed by atoms with E-state index in [2.05, 4.69) is 11.9 Å². The van der Waals surface area contributed by atoms with Gasteiger partial charge in [-0.05, 0) is 61.7 Å². The number of benzene rings is 2. The minimum atomic E-state index is -3.82. The number of carbonyl (C=O) groups excluding carboxylic acids is 1. The molecule has 0 aliphatic heterocycles. The average Bonchev–Trinajstić information content (AvgIpc) is 3.02. The molecule has 154 valence electrons. The number of carbonyl (C=O) groups is 1. The van der Waals surface area contributed by atoms with Gasteiger partial charge in [0.1, 0.15) is 12.4 Å². The summed E-state index contributed by atoms with van der Waals surface area (Å²) >= 11 is 0. The van der Waals surface area contributed by atoms with Crippen molar-refractivity contribution in [1.82, 2.24) is 9.55 Å². The van der Waals surface area contributed by atoms with Crippen molar-refractivity contribution in [3.8, 4) is 0 Å². The van der Waals surface area contributed by atoms with Crippen LogP contribution in [0, 0.1) is 13.8 Å². The minimum Gasteiger partial charge on any atom is -0.454 e. The van der Waals surface area contributed by atoms with Crippen molar-refractivity contribution in [2.24, 2.45) is 5.14 Å². The van der Waals surface area contributed by atoms with Crippen LogP contribution in [0.15, 0.2) is 41.3 Å². The molecule has 0 radical (unpaired) electrons. The molecule has 0 unspecified atom stereocenters. The van der Waals surface area contributed by atoms with Gasteiger partial charge < -0.3 is 9.30 Å². The zero-order chi connectivity index (χ0) is 21.2. The molecule has 2 N–H and O–H groups in total. The van der Waals surface area contributed by atoms with Crippen molar-refractivity contribution in [2.45, 2.75) is 51.7 Å². The zero-order valence-electron chi connectivity index (χ0n) is 16.8. The largest absolute Gasteiger partial charge is 0.454 e. The number of unbranched alkanes of at least 4 members (excludes halogenated alkanes) is 1. The lowest BCUT2D eigenvalue weighted by molar-refractivity contribution is 0.0458. The Morgan fingerprint density at radius 3 is 2.55 bits per heavy atom. The first-order valence-corrected chi connectivity index (χ1v) is 11.0. The fraction of sp³-hybridized carbons (Fsp3) is 0.333. The Balaban J connectivity index is 1.90. The molecule has 0 aliphatic rings. The first-order valence-electron chi connectivity index (χ1n) is 9.47. The Labute approximate surface area is 170 Å². The van der Waals surface area contributed by atoms with Gasteiger partial charge in [0, 0.05) is 6.54 Å². The number of nitrogens with two attached hydrogens (primary N) is 1. The van der Waals surface area contributed by atoms with E-state index in [-0.39, 0.29) is 11.5 Å². The van der Waals surface area contributed by atoms with Crippen molar-refractivity contribution in [3.05, 3.63) is 58.9 Å². The van der Waals surface area contributed by atoms with E-state index < -0.39 is 16.0 Å². The number of hydrogen-bond donors (Lipinski definition) is 1. The van der Waals surface area contributed by atoms with Crippen LogP contribution in [0.3, 0.4) is 0 Å². The van der Waals surface area contributed by atoms with Crippen LogP contribution in [0.25, 0.3) is 11.0 Å². The van der Waals surface area contributed by atoms with Crippen molar-refractivity contribution >= 4 is 27.0 Å². The van der Waals surface area contributed by atoms with Crippen LogP contribution in [0.1, 0.15) is 47.1 Å². The third kappa shape index (κ3) is 4.65. The second kappa shape index (κ2) is 8.34. The lowest BCUT2D eigenvalue weighted by atomic mass is 10.1. The number of ether oxygens (including phenoxy) is 1. The van der Waals surface area contributed by atoms with E-state index >= 15 is 0 Å². The maximum absolute atomic E-state index is 12.5. The molecule has 0 fully saturated rings. The van der Waals surface area contributed by atoms with E-state index in [1.807, 2.05) is 24.5 Å². The minimum absolute atomic E-state index is 0.00353. The van der Waals surface area contributed by atoms with E-state index in [0.717, 1.165) is 29.5 Å². The molecule has 1 heterocycles. The molecular formula is C21H25N3O4S. The second-order valence-electron chi connectivity index (χ2n) is 7.10. The summed E-state index contributed by atoms with van der Waals surface area (Å²) in [7, 11) is -3.82. The second-order valence-corrected chi connectivity index (χ2v) is 8.67. The van der Waals surface area contributed by atoms with Gasteiger partial charge in [0.15, 0.2) is 0 Å². The summed E-state index contributed by atoms with van der Waals surface area (Å²) in [5.74, 6) is 0.143. The highest BCUT2D eigenvalue weighted by molar-refractivity contribution is 7.89. The fourth-order valence-corrected chi connectivity index (χ4v) is 3.63. The summed E-state index contributed by atoms with van der Waals surface area (Å²) in [5, 5.41) is 5.23. The molecule has 7 nitrogen and oxygen atoms in total. The van der Waals surface area contributed by atoms with Gasteiger partial charge in [0.2, 0.25) is 10.0 Å². The number of aromatic nitrogens is 2. The van der Waals surface area contributed by atoms with E-state index in [0.29, 0.717) is 23.4 Å². The molecule has 0 bridgehead atoms. The number of imidazole rings is 1. The van der Waals surface area contributed by atoms with Crippen LogP contribution in [-0.4, -0.2) is 23.9 Å². The van der Waals surface area contributed by atoms with Crippen LogP contribution in [0.2, 0.25) is 0 Å². The van der Waals surface area contributed by atoms with Gasteiger partial charge in [-0.1, -0.05) is 19.4 Å². The van der Waals surface area contributed by atoms with Gasteiger partial charge in [-0.25, -0.2) is 23.3 Å². The summed E-state index contributed by atoms with van der Waals surface area (Å²) in [6.45, 7) is 6.69. The fourth-order valence-electron chi connectivity index (χ4n) is 3.09. The molecule has 3 aromatic rings. The Morgan fingerprint density at radius 2 is 1.90 bits per heavy atom. The third-order valence-corrected chi connectivity index (χ3v) is 5.85. The summed E-state index contributed by atoms with van der Waals surface area (Å²) in [6, 6.07) is 10.0. The molecule has 0 aliphatic carbocycles. The highest BCUT2D eigenvalue weighted by atomic mass is 32.2. The van der Waals surface area contributed by atoms with Crippen molar-refractivity contribution in [3.63, 3.8) is 0 Å². The van der Waals surface area contributed by atoms with Crippen molar-refractivity contribution in [2.75, 3.05) is 0 Å². The third-order valence-electron chi connectivity index (χ3n) is 4.94. The number of hydrogen-bond acceptors (Lipinski definition) is 5. The Bertz CT molecular complexity index is 1170. The number of rotatable bonds is 7. The SMILES string of the molecule is CCCCn1c(COC(=O)c2ccc(C)c(C)c2)nc2cc(S(N)(=O)=O)ccc21. The number of sulfonamides is 1. The highest BCUT2D eigenvalue weighted by Gasteiger charge is 2.16. The normalized spacial score (nSPS) is 11.7. The molecule has 0 atom stereocenters. The van der Waals surface area contributed by atoms with Gasteiger partial charge in [-0.3, -0.25) is 0 Å². The topological polar surface area (TPSA) is 104 Å². The molecule has 1 aromatic heterocycles. The van der Waals surface area contributed by atoms with Gasteiger partial charge >= 0.3 is 5.97 Å². The van der Waals surface area contributed by atoms with Gasteiger partial charge in [0.25, 0.3) is 0 Å². The average molecular weight is 416 g/mol. The van der Waals surface area contributed by atoms with E-state index in [1.165, 1.54) is 12.1 Å². The predicted octanol–water partition coefficient (Wildman–Crippen LogP) is 3.46. The molecule has 29 heavy (non-hydrogen) atoms. The number of fused-ring (bicyclic) bond motifs is 1. The van der Waals surface area contributed by atoms with Crippen LogP contribution in [0.4, 0.5) is 0 Å². The first-order chi connectivity index (χ1) is 13.7. The quantitative estimate of drug-likeness (QED) is 0.595. The molecular weight excluding hydrogens is 390 g/mol. The Kier molecular flexibility index (Phi) is 6.04. The predicted molar refractivity (Wildman–Crippen MR) is 111 cm³/mol. The lowest BCUT2D eigenvalue weighted by Gasteiger charge is -2.10. The number of primary sulfonamides is 1. The Morgan fingerprint density at radius 1 is 1.14 bits per heavy atom. The van der Waals surface area contributed by atoms with E-state index in [9.17, 15) is 13.2 Å². The van der Waals surface area contributed by atoms with Gasteiger partial charge in [-0.2, -0.15) is 0 Å². The number of aryl methyl sites for hydroxylation is 3. The number of esters is 1. The van der Waals surface area contributed by atoms with Crippen LogP contribution in [0.5, 0.6) is 0 Å². The van der Waals surface area contributed by atoms with E-state index in [1.54, 1.807) is 18.2 Å². The van der Waals surface area contributed by atoms with Crippen molar-refractivity contribution in [1.29, 1.82) is 0 Å². The van der Waals surface area contributed by atoms with E-state index in [4.69, 9.17) is 9.88 Å². The maximum Gasteiger partial charge on any atom is 0.338 e. The summed E-state index contributed by atoms with van der Waals surface area (Å²) in [6.07, 6.45) is 1.90.